The van der Waals surface area contributed by atoms with Crippen molar-refractivity contribution in [3.63, 3.8) is 0 Å². The first-order chi connectivity index (χ1) is 14.4. The molecule has 3 nitrogen and oxygen atoms in total. The number of nitrogens with zero attached hydrogens (tertiary/aromatic N) is 1. The van der Waals surface area contributed by atoms with Crippen LogP contribution in [0.15, 0.2) is 66.7 Å². The molecule has 3 aliphatic carbocycles. The monoisotopic (exact) mass is 433 g/mol. The maximum atomic E-state index is 13.9. The number of anilines is 1. The highest BCUT2D eigenvalue weighted by Crippen LogP contribution is 2.67. The Kier molecular flexibility index (Phi) is 3.61. The van der Waals surface area contributed by atoms with Gasteiger partial charge in [0.15, 0.2) is 0 Å². The molecule has 0 saturated carbocycles. The lowest BCUT2D eigenvalue weighted by Gasteiger charge is -2.51. The Morgan fingerprint density at radius 2 is 1.37 bits per heavy atom. The lowest BCUT2D eigenvalue weighted by molar-refractivity contribution is -0.128. The number of benzene rings is 3. The first-order valence-corrected chi connectivity index (χ1v) is 10.7. The van der Waals surface area contributed by atoms with Gasteiger partial charge >= 0.3 is 0 Å². The fourth-order valence-corrected chi connectivity index (χ4v) is 6.28. The van der Waals surface area contributed by atoms with Crippen LogP contribution in [0.2, 0.25) is 10.0 Å². The predicted octanol–water partition coefficient (Wildman–Crippen LogP) is 5.78. The fraction of sp³-hybridized carbons (Fsp3) is 0.200. The summed E-state index contributed by atoms with van der Waals surface area (Å²) >= 11 is 12.3. The predicted molar refractivity (Wildman–Crippen MR) is 117 cm³/mol. The second kappa shape index (κ2) is 5.96. The summed E-state index contributed by atoms with van der Waals surface area (Å²) in [5.74, 6) is -1.09. The Labute approximate surface area is 184 Å². The van der Waals surface area contributed by atoms with Gasteiger partial charge in [0, 0.05) is 11.8 Å². The minimum atomic E-state index is -0.851. The van der Waals surface area contributed by atoms with E-state index >= 15 is 0 Å². The molecule has 3 aromatic rings. The van der Waals surface area contributed by atoms with E-state index in [2.05, 4.69) is 24.3 Å². The summed E-state index contributed by atoms with van der Waals surface area (Å²) in [6, 6.07) is 21.4. The van der Waals surface area contributed by atoms with Gasteiger partial charge in [0.2, 0.25) is 11.8 Å². The van der Waals surface area contributed by atoms with E-state index in [9.17, 15) is 9.59 Å². The zero-order chi connectivity index (χ0) is 20.8. The summed E-state index contributed by atoms with van der Waals surface area (Å²) in [7, 11) is 0. The van der Waals surface area contributed by atoms with E-state index in [1.807, 2.05) is 31.2 Å². The van der Waals surface area contributed by atoms with Crippen molar-refractivity contribution in [1.82, 2.24) is 0 Å². The van der Waals surface area contributed by atoms with Crippen LogP contribution in [-0.2, 0) is 9.59 Å². The van der Waals surface area contributed by atoms with E-state index in [0.717, 1.165) is 22.3 Å². The van der Waals surface area contributed by atoms with Gasteiger partial charge in [0.1, 0.15) is 0 Å². The molecule has 7 rings (SSSR count). The second-order valence-corrected chi connectivity index (χ2v) is 9.32. The van der Waals surface area contributed by atoms with E-state index in [0.29, 0.717) is 15.7 Å². The van der Waals surface area contributed by atoms with Crippen molar-refractivity contribution in [2.45, 2.75) is 18.8 Å². The van der Waals surface area contributed by atoms with Crippen molar-refractivity contribution in [2.24, 2.45) is 11.3 Å². The van der Waals surface area contributed by atoms with Gasteiger partial charge in [0.05, 0.1) is 27.1 Å². The van der Waals surface area contributed by atoms with Crippen molar-refractivity contribution in [3.8, 4) is 0 Å². The second-order valence-electron chi connectivity index (χ2n) is 8.51. The van der Waals surface area contributed by atoms with Crippen molar-refractivity contribution in [2.75, 3.05) is 4.90 Å². The molecule has 3 aromatic carbocycles. The lowest BCUT2D eigenvalue weighted by atomic mass is 9.48. The van der Waals surface area contributed by atoms with Crippen LogP contribution in [0, 0.1) is 11.3 Å². The van der Waals surface area contributed by atoms with Crippen LogP contribution in [0.4, 0.5) is 5.69 Å². The number of amides is 2. The molecule has 1 heterocycles. The average Bonchev–Trinajstić information content (AvgIpc) is 2.96. The number of halogens is 2. The van der Waals surface area contributed by atoms with Crippen LogP contribution >= 0.6 is 23.2 Å². The van der Waals surface area contributed by atoms with E-state index < -0.39 is 11.3 Å². The summed E-state index contributed by atoms with van der Waals surface area (Å²) in [6.07, 6.45) is 0. The molecule has 0 aromatic heterocycles. The van der Waals surface area contributed by atoms with Crippen molar-refractivity contribution in [3.05, 3.63) is 99.0 Å². The molecule has 0 radical (unpaired) electrons. The van der Waals surface area contributed by atoms with Gasteiger partial charge in [-0.1, -0.05) is 71.7 Å². The topological polar surface area (TPSA) is 37.4 Å². The average molecular weight is 434 g/mol. The summed E-state index contributed by atoms with van der Waals surface area (Å²) in [5.41, 5.74) is 4.23. The van der Waals surface area contributed by atoms with Crippen LogP contribution in [0.1, 0.15) is 41.0 Å². The maximum Gasteiger partial charge on any atom is 0.241 e. The van der Waals surface area contributed by atoms with E-state index in [1.165, 1.54) is 4.90 Å². The highest BCUT2D eigenvalue weighted by molar-refractivity contribution is 6.42. The molecule has 4 aliphatic rings. The standard InChI is InChI=1S/C25H17Cl2NO2/c1-25-21-16-8-4-2-6-14(16)20(15-7-3-5-9-17(15)21)22(25)23(29)28(24(25)30)13-10-11-18(26)19(27)12-13/h2-12,20-22H,1H3/t20?,21?,22-,25+/m1/s1. The molecule has 5 heteroatoms. The minimum absolute atomic E-state index is 0.142. The third kappa shape index (κ3) is 2.02. The molecule has 148 valence electrons. The van der Waals surface area contributed by atoms with Crippen molar-refractivity contribution < 1.29 is 9.59 Å². The fourth-order valence-electron chi connectivity index (χ4n) is 5.98. The number of hydrogen-bond acceptors (Lipinski definition) is 2. The summed E-state index contributed by atoms with van der Waals surface area (Å²) < 4.78 is 0. The molecule has 2 bridgehead atoms. The highest BCUT2D eigenvalue weighted by Gasteiger charge is 2.68. The Balaban J connectivity index is 1.61. The molecule has 1 saturated heterocycles. The van der Waals surface area contributed by atoms with Crippen LogP contribution in [-0.4, -0.2) is 11.8 Å². The summed E-state index contributed by atoms with van der Waals surface area (Å²) in [6.45, 7) is 1.96. The van der Waals surface area contributed by atoms with Crippen molar-refractivity contribution >= 4 is 40.7 Å². The molecule has 2 amide bonds. The molecular formula is C25H17Cl2NO2. The van der Waals surface area contributed by atoms with Crippen LogP contribution < -0.4 is 4.90 Å². The van der Waals surface area contributed by atoms with Gasteiger partial charge in [-0.3, -0.25) is 9.59 Å². The third-order valence-electron chi connectivity index (χ3n) is 7.17. The minimum Gasteiger partial charge on any atom is -0.274 e. The Morgan fingerprint density at radius 1 is 0.800 bits per heavy atom. The molecule has 2 atom stereocenters. The zero-order valence-electron chi connectivity index (χ0n) is 16.1. The Bertz CT molecular complexity index is 1220. The van der Waals surface area contributed by atoms with Crippen LogP contribution in [0.25, 0.3) is 0 Å². The van der Waals surface area contributed by atoms with Gasteiger partial charge in [-0.2, -0.15) is 0 Å². The smallest absolute Gasteiger partial charge is 0.241 e. The number of imide groups is 1. The normalized spacial score (nSPS) is 28.4. The quantitative estimate of drug-likeness (QED) is 0.456. The van der Waals surface area contributed by atoms with Crippen LogP contribution in [0.3, 0.4) is 0 Å². The van der Waals surface area contributed by atoms with E-state index in [-0.39, 0.29) is 23.7 Å². The number of carbonyl (C=O) groups excluding carboxylic acids is 2. The Hall–Kier alpha value is -2.62. The van der Waals surface area contributed by atoms with Gasteiger partial charge < -0.3 is 0 Å². The number of hydrogen-bond donors (Lipinski definition) is 0. The molecule has 0 unspecified atom stereocenters. The third-order valence-corrected chi connectivity index (χ3v) is 7.91. The van der Waals surface area contributed by atoms with E-state index in [4.69, 9.17) is 23.2 Å². The maximum absolute atomic E-state index is 13.9. The SMILES string of the molecule is C[C@@]12C(=O)N(c3ccc(Cl)c(Cl)c3)C(=O)[C@H]1C1c3ccccc3C2c2ccccc21. The molecular weight excluding hydrogens is 417 g/mol. The summed E-state index contributed by atoms with van der Waals surface area (Å²) in [5, 5.41) is 0.715. The van der Waals surface area contributed by atoms with Crippen molar-refractivity contribution in [1.29, 1.82) is 0 Å². The van der Waals surface area contributed by atoms with Gasteiger partial charge in [-0.05, 0) is 47.4 Å². The molecule has 0 N–H and O–H groups in total. The summed E-state index contributed by atoms with van der Waals surface area (Å²) in [4.78, 5) is 29.0. The lowest BCUT2D eigenvalue weighted by Crippen LogP contribution is -2.49. The zero-order valence-corrected chi connectivity index (χ0v) is 17.6. The largest absolute Gasteiger partial charge is 0.274 e. The number of rotatable bonds is 1. The highest BCUT2D eigenvalue weighted by atomic mass is 35.5. The molecule has 1 aliphatic heterocycles. The van der Waals surface area contributed by atoms with Gasteiger partial charge in [-0.25, -0.2) is 4.90 Å². The number of carbonyl (C=O) groups is 2. The molecule has 0 spiro atoms. The van der Waals surface area contributed by atoms with Crippen LogP contribution in [0.5, 0.6) is 0 Å². The van der Waals surface area contributed by atoms with E-state index in [1.54, 1.807) is 18.2 Å². The Morgan fingerprint density at radius 3 is 1.93 bits per heavy atom. The molecule has 1 fully saturated rings. The first-order valence-electron chi connectivity index (χ1n) is 9.95. The van der Waals surface area contributed by atoms with Gasteiger partial charge in [-0.15, -0.1) is 0 Å². The van der Waals surface area contributed by atoms with Gasteiger partial charge in [0.25, 0.3) is 0 Å². The molecule has 30 heavy (non-hydrogen) atoms. The first kappa shape index (κ1) is 18.2.